The number of benzene rings is 1. The molecule has 0 fully saturated rings. The summed E-state index contributed by atoms with van der Waals surface area (Å²) in [5.41, 5.74) is 0. The van der Waals surface area contributed by atoms with Crippen molar-refractivity contribution in [1.29, 1.82) is 0 Å². The number of hydrogen-bond acceptors (Lipinski definition) is 3. The minimum Gasteiger partial charge on any atom is -0.481 e. The van der Waals surface area contributed by atoms with E-state index in [0.29, 0.717) is 18.9 Å². The minimum absolute atomic E-state index is 0.138. The van der Waals surface area contributed by atoms with Crippen LogP contribution in [0, 0.1) is 0 Å². The molecule has 1 rings (SSSR count). The Kier molecular flexibility index (Phi) is 5.36. The summed E-state index contributed by atoms with van der Waals surface area (Å²) in [6.07, 6.45) is -0.501. The van der Waals surface area contributed by atoms with E-state index in [1.165, 1.54) is 0 Å². The number of para-hydroxylation sites is 1. The Morgan fingerprint density at radius 1 is 1.38 bits per heavy atom. The van der Waals surface area contributed by atoms with Crippen molar-refractivity contribution in [2.75, 3.05) is 20.3 Å². The summed E-state index contributed by atoms with van der Waals surface area (Å²) in [6, 6.07) is 9.27. The van der Waals surface area contributed by atoms with Gasteiger partial charge in [-0.25, -0.2) is 0 Å². The van der Waals surface area contributed by atoms with Crippen LogP contribution in [0.3, 0.4) is 0 Å². The highest BCUT2D eigenvalue weighted by Crippen LogP contribution is 2.10. The molecule has 0 saturated carbocycles. The standard InChI is InChI=1S/C12H17NO3/c1-10(12(14)13-8-9-15-2)16-11-6-4-3-5-7-11/h3-7,10H,8-9H2,1-2H3,(H,13,14)/t10-/m1/s1. The summed E-state index contributed by atoms with van der Waals surface area (Å²) in [7, 11) is 1.59. The molecule has 0 radical (unpaired) electrons. The Morgan fingerprint density at radius 2 is 2.06 bits per heavy atom. The van der Waals surface area contributed by atoms with E-state index in [-0.39, 0.29) is 5.91 Å². The van der Waals surface area contributed by atoms with Crippen molar-refractivity contribution in [3.63, 3.8) is 0 Å². The second kappa shape index (κ2) is 6.85. The van der Waals surface area contributed by atoms with Gasteiger partial charge in [-0.2, -0.15) is 0 Å². The third-order valence-corrected chi connectivity index (χ3v) is 2.03. The Labute approximate surface area is 95.6 Å². The molecule has 4 nitrogen and oxygen atoms in total. The molecule has 0 heterocycles. The zero-order valence-corrected chi connectivity index (χ0v) is 9.60. The van der Waals surface area contributed by atoms with Crippen LogP contribution in [0.15, 0.2) is 30.3 Å². The number of carbonyl (C=O) groups is 1. The topological polar surface area (TPSA) is 47.6 Å². The average Bonchev–Trinajstić information content (AvgIpc) is 2.30. The maximum Gasteiger partial charge on any atom is 0.260 e. The summed E-state index contributed by atoms with van der Waals surface area (Å²) < 4.78 is 10.3. The van der Waals surface area contributed by atoms with Gasteiger partial charge in [0.15, 0.2) is 6.10 Å². The summed E-state index contributed by atoms with van der Waals surface area (Å²) in [5, 5.41) is 2.71. The van der Waals surface area contributed by atoms with Gasteiger partial charge >= 0.3 is 0 Å². The van der Waals surface area contributed by atoms with E-state index in [1.54, 1.807) is 14.0 Å². The predicted octanol–water partition coefficient (Wildman–Crippen LogP) is 1.22. The van der Waals surface area contributed by atoms with Gasteiger partial charge in [0.05, 0.1) is 6.61 Å². The lowest BCUT2D eigenvalue weighted by Crippen LogP contribution is -2.37. The maximum atomic E-state index is 11.5. The molecule has 0 saturated heterocycles. The van der Waals surface area contributed by atoms with Crippen LogP contribution < -0.4 is 10.1 Å². The molecule has 1 atom stereocenters. The van der Waals surface area contributed by atoms with Crippen LogP contribution in [-0.4, -0.2) is 32.3 Å². The highest BCUT2D eigenvalue weighted by Gasteiger charge is 2.13. The smallest absolute Gasteiger partial charge is 0.260 e. The van der Waals surface area contributed by atoms with Gasteiger partial charge in [0.1, 0.15) is 5.75 Å². The summed E-state index contributed by atoms with van der Waals surface area (Å²) in [6.45, 7) is 2.72. The summed E-state index contributed by atoms with van der Waals surface area (Å²) in [5.74, 6) is 0.554. The fraction of sp³-hybridized carbons (Fsp3) is 0.417. The first kappa shape index (κ1) is 12.5. The van der Waals surface area contributed by atoms with Crippen LogP contribution in [0.2, 0.25) is 0 Å². The fourth-order valence-corrected chi connectivity index (χ4v) is 1.18. The third-order valence-electron chi connectivity index (χ3n) is 2.03. The number of rotatable bonds is 6. The van der Waals surface area contributed by atoms with E-state index in [1.807, 2.05) is 30.3 Å². The quantitative estimate of drug-likeness (QED) is 0.737. The molecular formula is C12H17NO3. The Bertz CT molecular complexity index is 313. The number of carbonyl (C=O) groups excluding carboxylic acids is 1. The first-order chi connectivity index (χ1) is 7.74. The van der Waals surface area contributed by atoms with E-state index < -0.39 is 6.10 Å². The average molecular weight is 223 g/mol. The first-order valence-electron chi connectivity index (χ1n) is 5.22. The van der Waals surface area contributed by atoms with Gasteiger partial charge in [0.2, 0.25) is 0 Å². The zero-order valence-electron chi connectivity index (χ0n) is 9.60. The molecule has 1 aromatic rings. The monoisotopic (exact) mass is 223 g/mol. The number of ether oxygens (including phenoxy) is 2. The molecule has 4 heteroatoms. The van der Waals surface area contributed by atoms with Crippen molar-refractivity contribution in [2.24, 2.45) is 0 Å². The maximum absolute atomic E-state index is 11.5. The van der Waals surface area contributed by atoms with Crippen LogP contribution in [0.4, 0.5) is 0 Å². The highest BCUT2D eigenvalue weighted by atomic mass is 16.5. The van der Waals surface area contributed by atoms with Gasteiger partial charge in [0, 0.05) is 13.7 Å². The molecule has 0 aliphatic carbocycles. The lowest BCUT2D eigenvalue weighted by Gasteiger charge is -2.14. The number of methoxy groups -OCH3 is 1. The van der Waals surface area contributed by atoms with E-state index in [9.17, 15) is 4.79 Å². The second-order valence-corrected chi connectivity index (χ2v) is 3.36. The Balaban J connectivity index is 2.34. The minimum atomic E-state index is -0.501. The van der Waals surface area contributed by atoms with Crippen molar-refractivity contribution in [3.05, 3.63) is 30.3 Å². The molecule has 16 heavy (non-hydrogen) atoms. The van der Waals surface area contributed by atoms with E-state index >= 15 is 0 Å². The molecule has 0 spiro atoms. The van der Waals surface area contributed by atoms with Crippen LogP contribution in [0.5, 0.6) is 5.75 Å². The molecule has 88 valence electrons. The molecule has 0 bridgehead atoms. The first-order valence-corrected chi connectivity index (χ1v) is 5.22. The van der Waals surface area contributed by atoms with Gasteiger partial charge in [-0.3, -0.25) is 4.79 Å². The second-order valence-electron chi connectivity index (χ2n) is 3.36. The third kappa shape index (κ3) is 4.31. The molecular weight excluding hydrogens is 206 g/mol. The Morgan fingerprint density at radius 3 is 2.69 bits per heavy atom. The number of amides is 1. The molecule has 1 aromatic carbocycles. The van der Waals surface area contributed by atoms with Crippen LogP contribution >= 0.6 is 0 Å². The summed E-state index contributed by atoms with van der Waals surface area (Å²) >= 11 is 0. The normalized spacial score (nSPS) is 11.9. The van der Waals surface area contributed by atoms with Crippen LogP contribution in [0.1, 0.15) is 6.92 Å². The van der Waals surface area contributed by atoms with Crippen molar-refractivity contribution >= 4 is 5.91 Å². The fourth-order valence-electron chi connectivity index (χ4n) is 1.18. The number of hydrogen-bond donors (Lipinski definition) is 1. The summed E-state index contributed by atoms with van der Waals surface area (Å²) in [4.78, 5) is 11.5. The predicted molar refractivity (Wildman–Crippen MR) is 61.4 cm³/mol. The largest absolute Gasteiger partial charge is 0.481 e. The van der Waals surface area contributed by atoms with E-state index in [4.69, 9.17) is 9.47 Å². The van der Waals surface area contributed by atoms with Crippen molar-refractivity contribution < 1.29 is 14.3 Å². The van der Waals surface area contributed by atoms with Crippen molar-refractivity contribution in [2.45, 2.75) is 13.0 Å². The lowest BCUT2D eigenvalue weighted by molar-refractivity contribution is -0.127. The van der Waals surface area contributed by atoms with Gasteiger partial charge in [-0.1, -0.05) is 18.2 Å². The van der Waals surface area contributed by atoms with Gasteiger partial charge in [0.25, 0.3) is 5.91 Å². The van der Waals surface area contributed by atoms with Crippen molar-refractivity contribution in [1.82, 2.24) is 5.32 Å². The van der Waals surface area contributed by atoms with Crippen LogP contribution in [-0.2, 0) is 9.53 Å². The van der Waals surface area contributed by atoms with E-state index in [0.717, 1.165) is 0 Å². The van der Waals surface area contributed by atoms with Gasteiger partial charge in [-0.05, 0) is 19.1 Å². The lowest BCUT2D eigenvalue weighted by atomic mass is 10.3. The molecule has 1 N–H and O–H groups in total. The van der Waals surface area contributed by atoms with Crippen LogP contribution in [0.25, 0.3) is 0 Å². The molecule has 0 aromatic heterocycles. The highest BCUT2D eigenvalue weighted by molar-refractivity contribution is 5.80. The van der Waals surface area contributed by atoms with Gasteiger partial charge in [-0.15, -0.1) is 0 Å². The van der Waals surface area contributed by atoms with Gasteiger partial charge < -0.3 is 14.8 Å². The Hall–Kier alpha value is -1.55. The molecule has 1 amide bonds. The zero-order chi connectivity index (χ0) is 11.8. The molecule has 0 aliphatic rings. The molecule has 0 aliphatic heterocycles. The number of nitrogens with one attached hydrogen (secondary N) is 1. The van der Waals surface area contributed by atoms with E-state index in [2.05, 4.69) is 5.32 Å². The van der Waals surface area contributed by atoms with Crippen molar-refractivity contribution in [3.8, 4) is 5.75 Å². The SMILES string of the molecule is COCCNC(=O)[C@@H](C)Oc1ccccc1. The molecule has 0 unspecified atom stereocenters.